The summed E-state index contributed by atoms with van der Waals surface area (Å²) in [5.41, 5.74) is 7.85. The molecule has 0 bridgehead atoms. The highest BCUT2D eigenvalue weighted by Crippen LogP contribution is 2.50. The number of unbranched alkanes of at least 4 members (excludes halogenated alkanes) is 1. The van der Waals surface area contributed by atoms with E-state index in [4.69, 9.17) is 16.3 Å². The van der Waals surface area contributed by atoms with Crippen LogP contribution in [-0.2, 0) is 18.5 Å². The highest BCUT2D eigenvalue weighted by Gasteiger charge is 2.46. The maximum absolute atomic E-state index is 12.0. The van der Waals surface area contributed by atoms with Crippen LogP contribution in [0.5, 0.6) is 5.75 Å². The fraction of sp³-hybridized carbons (Fsp3) is 0.342. The number of nitrogens with zero attached hydrogens (tertiary/aromatic N) is 1. The van der Waals surface area contributed by atoms with E-state index >= 15 is 0 Å². The summed E-state index contributed by atoms with van der Waals surface area (Å²) in [6, 6.07) is 22.5. The number of aromatic nitrogens is 1. The van der Waals surface area contributed by atoms with E-state index in [9.17, 15) is 9.59 Å². The summed E-state index contributed by atoms with van der Waals surface area (Å²) in [6.45, 7) is 2.96. The molecule has 2 saturated carbocycles. The molecular formula is C38H38ClN3O3. The molecule has 45 heavy (non-hydrogen) atoms. The third-order valence-corrected chi connectivity index (χ3v) is 9.86. The van der Waals surface area contributed by atoms with Gasteiger partial charge in [0, 0.05) is 35.1 Å². The molecule has 3 aromatic carbocycles. The fourth-order valence-electron chi connectivity index (χ4n) is 6.45. The van der Waals surface area contributed by atoms with Crippen molar-refractivity contribution in [3.63, 3.8) is 0 Å². The number of benzene rings is 3. The van der Waals surface area contributed by atoms with Crippen molar-refractivity contribution in [2.75, 3.05) is 0 Å². The summed E-state index contributed by atoms with van der Waals surface area (Å²) >= 11 is 6.73. The highest BCUT2D eigenvalue weighted by molar-refractivity contribution is 6.31. The zero-order chi connectivity index (χ0) is 31.0. The molecular weight excluding hydrogens is 582 g/mol. The van der Waals surface area contributed by atoms with Crippen molar-refractivity contribution >= 4 is 23.4 Å². The van der Waals surface area contributed by atoms with E-state index in [1.54, 1.807) is 6.07 Å². The summed E-state index contributed by atoms with van der Waals surface area (Å²) in [6.07, 6.45) is 12.6. The zero-order valence-corrected chi connectivity index (χ0v) is 26.3. The number of para-hydroxylation sites is 1. The first-order chi connectivity index (χ1) is 21.9. The largest absolute Gasteiger partial charge is 0.490 e. The van der Waals surface area contributed by atoms with Crippen LogP contribution in [0.4, 0.5) is 0 Å². The number of hydrogen-bond donors (Lipinski definition) is 2. The molecule has 2 heterocycles. The lowest BCUT2D eigenvalue weighted by Gasteiger charge is -2.23. The number of nitrogens with one attached hydrogen (secondary N) is 2. The summed E-state index contributed by atoms with van der Waals surface area (Å²) < 4.78 is 6.28. The molecule has 1 atom stereocenters. The van der Waals surface area contributed by atoms with Gasteiger partial charge in [-0.1, -0.05) is 61.3 Å². The van der Waals surface area contributed by atoms with Crippen molar-refractivity contribution in [1.82, 2.24) is 15.6 Å². The molecule has 4 aromatic rings. The number of fused-ring (bicyclic) bond motifs is 1. The second-order valence-corrected chi connectivity index (χ2v) is 13.2. The maximum Gasteiger partial charge on any atom is 0.258 e. The molecule has 2 amide bonds. The lowest BCUT2D eigenvalue weighted by Crippen LogP contribution is -2.29. The highest BCUT2D eigenvalue weighted by atomic mass is 35.5. The van der Waals surface area contributed by atoms with Crippen molar-refractivity contribution in [2.45, 2.75) is 82.4 Å². The molecule has 7 heteroatoms. The predicted octanol–water partition coefficient (Wildman–Crippen LogP) is 8.12. The number of rotatable bonds is 13. The number of amides is 2. The van der Waals surface area contributed by atoms with E-state index in [0.717, 1.165) is 78.8 Å². The van der Waals surface area contributed by atoms with Gasteiger partial charge in [0.05, 0.1) is 17.2 Å². The van der Waals surface area contributed by atoms with Crippen molar-refractivity contribution in [1.29, 1.82) is 0 Å². The molecule has 2 N–H and O–H groups in total. The molecule has 6 nitrogen and oxygen atoms in total. The van der Waals surface area contributed by atoms with Crippen molar-refractivity contribution in [3.05, 3.63) is 118 Å². The Morgan fingerprint density at radius 2 is 1.78 bits per heavy atom. The van der Waals surface area contributed by atoms with Gasteiger partial charge in [-0.2, -0.15) is 0 Å². The molecule has 0 spiro atoms. The van der Waals surface area contributed by atoms with Crippen LogP contribution in [0.15, 0.2) is 79.1 Å². The quantitative estimate of drug-likeness (QED) is 0.117. The molecule has 2 fully saturated rings. The van der Waals surface area contributed by atoms with Gasteiger partial charge in [-0.3, -0.25) is 19.9 Å². The molecule has 1 unspecified atom stereocenters. The molecule has 3 aliphatic rings. The number of aryl methyl sites for hydroxylation is 1. The van der Waals surface area contributed by atoms with Gasteiger partial charge >= 0.3 is 0 Å². The summed E-state index contributed by atoms with van der Waals surface area (Å²) in [7, 11) is 0. The Morgan fingerprint density at radius 3 is 2.60 bits per heavy atom. The minimum absolute atomic E-state index is 0.132. The second-order valence-electron chi connectivity index (χ2n) is 12.8. The van der Waals surface area contributed by atoms with E-state index in [2.05, 4.69) is 58.9 Å². The van der Waals surface area contributed by atoms with E-state index in [1.807, 2.05) is 36.7 Å². The summed E-state index contributed by atoms with van der Waals surface area (Å²) in [5.74, 6) is 0.745. The Bertz CT molecular complexity index is 1760. The van der Waals surface area contributed by atoms with Gasteiger partial charge in [-0.25, -0.2) is 0 Å². The van der Waals surface area contributed by atoms with E-state index in [0.29, 0.717) is 29.7 Å². The lowest BCUT2D eigenvalue weighted by atomic mass is 9.92. The summed E-state index contributed by atoms with van der Waals surface area (Å²) in [5, 5.41) is 7.02. The lowest BCUT2D eigenvalue weighted by molar-refractivity contribution is 0.0879. The molecule has 7 rings (SSSR count). The Labute approximate surface area is 269 Å². The Kier molecular flexibility index (Phi) is 8.19. The number of hydrogen-bond acceptors (Lipinski definition) is 5. The molecule has 1 aliphatic heterocycles. The Balaban J connectivity index is 0.985. The minimum Gasteiger partial charge on any atom is -0.490 e. The average molecular weight is 620 g/mol. The molecule has 230 valence electrons. The van der Waals surface area contributed by atoms with Crippen molar-refractivity contribution in [2.24, 2.45) is 0 Å². The second kappa shape index (κ2) is 12.4. The Hall–Kier alpha value is -4.00. The van der Waals surface area contributed by atoms with Gasteiger partial charge in [0.15, 0.2) is 0 Å². The van der Waals surface area contributed by atoms with Crippen LogP contribution in [0.1, 0.15) is 101 Å². The first kappa shape index (κ1) is 29.7. The van der Waals surface area contributed by atoms with Crippen LogP contribution < -0.4 is 15.4 Å². The predicted molar refractivity (Wildman–Crippen MR) is 177 cm³/mol. The molecule has 2 aliphatic carbocycles. The number of halogens is 1. The van der Waals surface area contributed by atoms with Gasteiger partial charge in [-0.05, 0) is 109 Å². The van der Waals surface area contributed by atoms with Gasteiger partial charge in [0.2, 0.25) is 0 Å². The Morgan fingerprint density at radius 1 is 0.956 bits per heavy atom. The molecule has 0 saturated heterocycles. The van der Waals surface area contributed by atoms with Crippen LogP contribution in [0.3, 0.4) is 0 Å². The van der Waals surface area contributed by atoms with Crippen molar-refractivity contribution in [3.8, 4) is 16.9 Å². The third-order valence-electron chi connectivity index (χ3n) is 9.49. The van der Waals surface area contributed by atoms with Gasteiger partial charge in [-0.15, -0.1) is 0 Å². The van der Waals surface area contributed by atoms with Gasteiger partial charge < -0.3 is 10.1 Å². The number of carbonyl (C=O) groups is 2. The van der Waals surface area contributed by atoms with Crippen LogP contribution in [0.25, 0.3) is 11.1 Å². The summed E-state index contributed by atoms with van der Waals surface area (Å²) in [4.78, 5) is 28.3. The smallest absolute Gasteiger partial charge is 0.258 e. The van der Waals surface area contributed by atoms with Crippen LogP contribution in [0.2, 0.25) is 5.02 Å². The number of ether oxygens (including phenoxy) is 1. The van der Waals surface area contributed by atoms with E-state index in [1.165, 1.54) is 16.7 Å². The fourth-order valence-corrected chi connectivity index (χ4v) is 6.64. The number of carbonyl (C=O) groups excluding carboxylic acids is 2. The van der Waals surface area contributed by atoms with Crippen LogP contribution in [-0.4, -0.2) is 22.9 Å². The average Bonchev–Trinajstić information content (AvgIpc) is 4.00. The minimum atomic E-state index is -0.304. The monoisotopic (exact) mass is 619 g/mol. The third kappa shape index (κ3) is 6.40. The first-order valence-corrected chi connectivity index (χ1v) is 16.5. The number of imide groups is 1. The van der Waals surface area contributed by atoms with Crippen molar-refractivity contribution < 1.29 is 14.3 Å². The SMILES string of the molecule is CC(CCCCc1ccc2c(c1)C(=O)NC2=O)c1ccc(Cl)c(CNC2(c3cnccc3-c3ccccc3OC3CC3)CC2)c1. The van der Waals surface area contributed by atoms with Gasteiger partial charge in [0.25, 0.3) is 11.8 Å². The topological polar surface area (TPSA) is 80.3 Å². The zero-order valence-electron chi connectivity index (χ0n) is 25.6. The van der Waals surface area contributed by atoms with Crippen LogP contribution >= 0.6 is 11.6 Å². The maximum atomic E-state index is 12.0. The van der Waals surface area contributed by atoms with Gasteiger partial charge in [0.1, 0.15) is 5.75 Å². The van der Waals surface area contributed by atoms with E-state index < -0.39 is 0 Å². The molecule has 1 aromatic heterocycles. The standard InChI is InChI=1S/C38H38ClN3O3/c1-24(6-2-3-7-25-10-14-31-32(20-25)37(44)42-36(31)43)26-11-15-34(39)27(21-26)22-41-38(17-18-38)33-23-40-19-16-29(33)30-8-4-5-9-35(30)45-28-12-13-28/h4-5,8-11,14-16,19-21,23-24,28,41H,2-3,6-7,12-13,17-18,22H2,1H3,(H,42,43,44). The molecule has 0 radical (unpaired) electrons. The van der Waals surface area contributed by atoms with E-state index in [-0.39, 0.29) is 17.4 Å². The first-order valence-electron chi connectivity index (χ1n) is 16.1. The van der Waals surface area contributed by atoms with Crippen LogP contribution in [0, 0.1) is 0 Å². The number of pyridine rings is 1. The normalized spacial score (nSPS) is 17.1.